The van der Waals surface area contributed by atoms with Crippen molar-refractivity contribution in [2.75, 3.05) is 31.6 Å². The average Bonchev–Trinajstić information content (AvgIpc) is 2.87. The van der Waals surface area contributed by atoms with Crippen molar-refractivity contribution in [3.8, 4) is 0 Å². The number of aliphatic hydroxyl groups is 1. The van der Waals surface area contributed by atoms with Crippen molar-refractivity contribution in [3.63, 3.8) is 0 Å². The lowest BCUT2D eigenvalue weighted by Gasteiger charge is -2.21. The molecule has 0 saturated carbocycles. The number of hydrogen-bond donors (Lipinski definition) is 2. The van der Waals surface area contributed by atoms with Crippen molar-refractivity contribution in [2.45, 2.75) is 12.8 Å². The minimum atomic E-state index is 0.178. The fourth-order valence-electron chi connectivity index (χ4n) is 1.78. The predicted octanol–water partition coefficient (Wildman–Crippen LogP) is 2.78. The zero-order valence-corrected chi connectivity index (χ0v) is 12.5. The lowest BCUT2D eigenvalue weighted by molar-refractivity contribution is -0.0929. The normalized spacial score (nSPS) is 14.6. The van der Waals surface area contributed by atoms with Gasteiger partial charge in [0.2, 0.25) is 5.96 Å². The Morgan fingerprint density at radius 2 is 2.05 bits per heavy atom. The predicted molar refractivity (Wildman–Crippen MR) is 81.4 cm³/mol. The number of benzene rings is 1. The van der Waals surface area contributed by atoms with Crippen LogP contribution in [0.3, 0.4) is 0 Å². The molecule has 7 heteroatoms. The number of aliphatic hydroxyl groups excluding tert-OH is 1. The molecule has 0 radical (unpaired) electrons. The highest BCUT2D eigenvalue weighted by Crippen LogP contribution is 2.30. The van der Waals surface area contributed by atoms with Crippen LogP contribution in [-0.2, 0) is 4.84 Å². The summed E-state index contributed by atoms with van der Waals surface area (Å²) in [5, 5.41) is 14.6. The molecule has 0 fully saturated rings. The van der Waals surface area contributed by atoms with Gasteiger partial charge in [0.05, 0.1) is 35.4 Å². The topological polar surface area (TPSA) is 57.1 Å². The van der Waals surface area contributed by atoms with Gasteiger partial charge in [0.1, 0.15) is 0 Å². The molecule has 1 aromatic carbocycles. The number of guanidine groups is 1. The molecule has 2 N–H and O–H groups in total. The Morgan fingerprint density at radius 3 is 2.75 bits per heavy atom. The number of hydroxylamine groups is 2. The molecule has 0 atom stereocenters. The van der Waals surface area contributed by atoms with Crippen molar-refractivity contribution in [2.24, 2.45) is 4.99 Å². The summed E-state index contributed by atoms with van der Waals surface area (Å²) in [6, 6.07) is 5.31. The SMILES string of the molecule is OCCCCON1CCN=C1Nc1c(Cl)cccc1Cl. The lowest BCUT2D eigenvalue weighted by atomic mass is 10.3. The number of para-hydroxylation sites is 1. The number of unbranched alkanes of at least 4 members (excludes halogenated alkanes) is 1. The third-order valence-electron chi connectivity index (χ3n) is 2.80. The first-order valence-corrected chi connectivity index (χ1v) is 7.25. The molecule has 0 bridgehead atoms. The van der Waals surface area contributed by atoms with Crippen LogP contribution in [0.5, 0.6) is 0 Å². The molecule has 1 heterocycles. The summed E-state index contributed by atoms with van der Waals surface area (Å²) in [4.78, 5) is 9.95. The summed E-state index contributed by atoms with van der Waals surface area (Å²) in [7, 11) is 0. The van der Waals surface area contributed by atoms with Gasteiger partial charge in [0, 0.05) is 6.61 Å². The van der Waals surface area contributed by atoms with E-state index < -0.39 is 0 Å². The molecule has 0 aliphatic carbocycles. The van der Waals surface area contributed by atoms with E-state index in [-0.39, 0.29) is 6.61 Å². The largest absolute Gasteiger partial charge is 0.396 e. The molecule has 1 aliphatic heterocycles. The molecule has 0 aromatic heterocycles. The summed E-state index contributed by atoms with van der Waals surface area (Å²) in [6.07, 6.45) is 1.53. The van der Waals surface area contributed by atoms with Crippen LogP contribution >= 0.6 is 23.2 Å². The zero-order chi connectivity index (χ0) is 14.4. The van der Waals surface area contributed by atoms with Gasteiger partial charge in [0.15, 0.2) is 0 Å². The molecule has 0 spiro atoms. The van der Waals surface area contributed by atoms with Gasteiger partial charge in [-0.05, 0) is 25.0 Å². The number of nitrogens with one attached hydrogen (secondary N) is 1. The second kappa shape index (κ2) is 7.69. The van der Waals surface area contributed by atoms with Gasteiger partial charge >= 0.3 is 0 Å². The molecule has 0 saturated heterocycles. The van der Waals surface area contributed by atoms with E-state index in [1.165, 1.54) is 0 Å². The van der Waals surface area contributed by atoms with Crippen molar-refractivity contribution >= 4 is 34.8 Å². The van der Waals surface area contributed by atoms with Gasteiger partial charge in [-0.3, -0.25) is 4.84 Å². The van der Waals surface area contributed by atoms with E-state index >= 15 is 0 Å². The molecule has 1 aromatic rings. The molecule has 5 nitrogen and oxygen atoms in total. The van der Waals surface area contributed by atoms with Gasteiger partial charge in [-0.15, -0.1) is 0 Å². The Morgan fingerprint density at radius 1 is 1.30 bits per heavy atom. The van der Waals surface area contributed by atoms with Gasteiger partial charge in [-0.1, -0.05) is 29.3 Å². The van der Waals surface area contributed by atoms with E-state index in [0.29, 0.717) is 41.4 Å². The first-order chi connectivity index (χ1) is 9.72. The van der Waals surface area contributed by atoms with E-state index in [2.05, 4.69) is 10.3 Å². The Hall–Kier alpha value is -1.01. The van der Waals surface area contributed by atoms with Crippen molar-refractivity contribution in [3.05, 3.63) is 28.2 Å². The van der Waals surface area contributed by atoms with Crippen LogP contribution in [-0.4, -0.2) is 42.4 Å². The van der Waals surface area contributed by atoms with Crippen molar-refractivity contribution in [1.29, 1.82) is 0 Å². The quantitative estimate of drug-likeness (QED) is 0.792. The molecule has 1 aliphatic rings. The van der Waals surface area contributed by atoms with Crippen LogP contribution in [0.15, 0.2) is 23.2 Å². The minimum absolute atomic E-state index is 0.178. The maximum atomic E-state index is 8.73. The van der Waals surface area contributed by atoms with Crippen LogP contribution in [0.2, 0.25) is 10.0 Å². The number of hydrogen-bond acceptors (Lipinski definition) is 5. The Kier molecular flexibility index (Phi) is 5.91. The summed E-state index contributed by atoms with van der Waals surface area (Å²) < 4.78 is 0. The molecule has 2 rings (SSSR count). The third kappa shape index (κ3) is 3.99. The highest BCUT2D eigenvalue weighted by Gasteiger charge is 2.19. The summed E-state index contributed by atoms with van der Waals surface area (Å²) in [6.45, 7) is 2.06. The maximum Gasteiger partial charge on any atom is 0.223 e. The number of anilines is 1. The first-order valence-electron chi connectivity index (χ1n) is 6.49. The monoisotopic (exact) mass is 317 g/mol. The molecule has 0 amide bonds. The lowest BCUT2D eigenvalue weighted by Crippen LogP contribution is -2.33. The third-order valence-corrected chi connectivity index (χ3v) is 3.43. The number of nitrogens with zero attached hydrogens (tertiary/aromatic N) is 2. The number of rotatable bonds is 6. The Bertz CT molecular complexity index is 462. The van der Waals surface area contributed by atoms with Crippen molar-refractivity contribution < 1.29 is 9.94 Å². The van der Waals surface area contributed by atoms with Gasteiger partial charge in [-0.2, -0.15) is 0 Å². The Balaban J connectivity index is 1.94. The van der Waals surface area contributed by atoms with E-state index in [0.717, 1.165) is 12.8 Å². The Labute approximate surface area is 128 Å². The van der Waals surface area contributed by atoms with Crippen LogP contribution in [0.1, 0.15) is 12.8 Å². The van der Waals surface area contributed by atoms with Crippen molar-refractivity contribution in [1.82, 2.24) is 5.06 Å². The van der Waals surface area contributed by atoms with E-state index in [1.807, 2.05) is 0 Å². The minimum Gasteiger partial charge on any atom is -0.396 e. The molecule has 20 heavy (non-hydrogen) atoms. The average molecular weight is 318 g/mol. The molecule has 0 unspecified atom stereocenters. The summed E-state index contributed by atoms with van der Waals surface area (Å²) in [5.41, 5.74) is 0.625. The molecular weight excluding hydrogens is 301 g/mol. The second-order valence-corrected chi connectivity index (χ2v) is 5.11. The number of halogens is 2. The van der Waals surface area contributed by atoms with E-state index in [9.17, 15) is 0 Å². The van der Waals surface area contributed by atoms with Gasteiger partial charge < -0.3 is 10.4 Å². The van der Waals surface area contributed by atoms with Crippen LogP contribution in [0.25, 0.3) is 0 Å². The second-order valence-electron chi connectivity index (χ2n) is 4.29. The summed E-state index contributed by atoms with van der Waals surface area (Å²) in [5.74, 6) is 0.601. The summed E-state index contributed by atoms with van der Waals surface area (Å²) >= 11 is 12.2. The fourth-order valence-corrected chi connectivity index (χ4v) is 2.27. The standard InChI is InChI=1S/C13H17Cl2N3O2/c14-10-4-3-5-11(15)12(10)17-13-16-6-7-18(13)20-9-2-1-8-19/h3-5,19H,1-2,6-9H2,(H,16,17). The van der Waals surface area contributed by atoms with E-state index in [1.54, 1.807) is 23.3 Å². The smallest absolute Gasteiger partial charge is 0.223 e. The maximum absolute atomic E-state index is 8.73. The van der Waals surface area contributed by atoms with Crippen LogP contribution in [0.4, 0.5) is 5.69 Å². The molecule has 110 valence electrons. The highest BCUT2D eigenvalue weighted by atomic mass is 35.5. The van der Waals surface area contributed by atoms with Gasteiger partial charge in [0.25, 0.3) is 0 Å². The van der Waals surface area contributed by atoms with Crippen LogP contribution in [0, 0.1) is 0 Å². The zero-order valence-electron chi connectivity index (χ0n) is 11.0. The van der Waals surface area contributed by atoms with E-state index in [4.69, 9.17) is 33.1 Å². The highest BCUT2D eigenvalue weighted by molar-refractivity contribution is 6.39. The first kappa shape index (κ1) is 15.4. The van der Waals surface area contributed by atoms with Gasteiger partial charge in [-0.25, -0.2) is 10.1 Å². The fraction of sp³-hybridized carbons (Fsp3) is 0.462. The number of aliphatic imine (C=N–C) groups is 1. The van der Waals surface area contributed by atoms with Crippen LogP contribution < -0.4 is 5.32 Å². The molecular formula is C13H17Cl2N3O2.